The number of carbonyl (C=O) groups is 2. The number of aliphatic hydroxyl groups is 1. The van der Waals surface area contributed by atoms with Crippen molar-refractivity contribution in [3.8, 4) is 0 Å². The maximum absolute atomic E-state index is 13.0. The largest absolute Gasteiger partial charge is 0.392 e. The van der Waals surface area contributed by atoms with Crippen LogP contribution < -0.4 is 5.32 Å². The van der Waals surface area contributed by atoms with Crippen molar-refractivity contribution < 1.29 is 14.7 Å². The number of aliphatic hydroxyl groups excluding tert-OH is 1. The molecule has 3 rings (SSSR count). The SMILES string of the molecule is C[C@H]1[C@@H]2[C@@H](O)[C@@H]([C@H](C)C(=O)N3CCCC3)CC[C@@]2(C)CC[C@@H]1NC(=O)CC(C)(C)C. The second-order valence-corrected chi connectivity index (χ2v) is 12.0. The smallest absolute Gasteiger partial charge is 0.225 e. The molecular formula is C25H44N2O3. The molecule has 1 saturated heterocycles. The Morgan fingerprint density at radius 3 is 2.37 bits per heavy atom. The highest BCUT2D eigenvalue weighted by atomic mass is 16.3. The first-order valence-electron chi connectivity index (χ1n) is 12.2. The topological polar surface area (TPSA) is 69.6 Å². The fourth-order valence-electron chi connectivity index (χ4n) is 6.65. The van der Waals surface area contributed by atoms with E-state index < -0.39 is 6.10 Å². The van der Waals surface area contributed by atoms with Gasteiger partial charge in [0, 0.05) is 31.5 Å². The van der Waals surface area contributed by atoms with Crippen LogP contribution in [-0.2, 0) is 9.59 Å². The molecule has 7 atom stereocenters. The average molecular weight is 421 g/mol. The maximum atomic E-state index is 13.0. The lowest BCUT2D eigenvalue weighted by atomic mass is 9.51. The first-order chi connectivity index (χ1) is 13.9. The van der Waals surface area contributed by atoms with Gasteiger partial charge in [-0.25, -0.2) is 0 Å². The summed E-state index contributed by atoms with van der Waals surface area (Å²) < 4.78 is 0. The molecule has 0 aromatic carbocycles. The summed E-state index contributed by atoms with van der Waals surface area (Å²) in [6.45, 7) is 14.5. The molecule has 172 valence electrons. The Balaban J connectivity index is 1.70. The number of amides is 2. The summed E-state index contributed by atoms with van der Waals surface area (Å²) in [6.07, 6.45) is 6.21. The molecule has 5 nitrogen and oxygen atoms in total. The van der Waals surface area contributed by atoms with Crippen LogP contribution in [0.1, 0.15) is 86.5 Å². The van der Waals surface area contributed by atoms with Crippen LogP contribution in [0.4, 0.5) is 0 Å². The third kappa shape index (κ3) is 4.87. The van der Waals surface area contributed by atoms with Crippen molar-refractivity contribution in [1.82, 2.24) is 10.2 Å². The zero-order valence-corrected chi connectivity index (χ0v) is 20.0. The van der Waals surface area contributed by atoms with Gasteiger partial charge in [-0.2, -0.15) is 0 Å². The minimum Gasteiger partial charge on any atom is -0.392 e. The van der Waals surface area contributed by atoms with Crippen LogP contribution in [-0.4, -0.2) is 47.1 Å². The number of rotatable bonds is 4. The van der Waals surface area contributed by atoms with Gasteiger partial charge in [0.25, 0.3) is 0 Å². The predicted octanol–water partition coefficient (Wildman–Crippen LogP) is 3.99. The Morgan fingerprint density at radius 2 is 1.77 bits per heavy atom. The summed E-state index contributed by atoms with van der Waals surface area (Å²) in [7, 11) is 0. The van der Waals surface area contributed by atoms with Gasteiger partial charge < -0.3 is 15.3 Å². The monoisotopic (exact) mass is 420 g/mol. The first-order valence-corrected chi connectivity index (χ1v) is 12.2. The molecule has 30 heavy (non-hydrogen) atoms. The van der Waals surface area contributed by atoms with Crippen LogP contribution in [0.15, 0.2) is 0 Å². The summed E-state index contributed by atoms with van der Waals surface area (Å²) in [5, 5.41) is 14.8. The van der Waals surface area contributed by atoms with Gasteiger partial charge in [0.1, 0.15) is 0 Å². The third-order valence-corrected chi connectivity index (χ3v) is 8.37. The molecule has 0 aromatic rings. The molecule has 3 fully saturated rings. The van der Waals surface area contributed by atoms with Crippen molar-refractivity contribution >= 4 is 11.8 Å². The van der Waals surface area contributed by atoms with Gasteiger partial charge in [0.2, 0.25) is 11.8 Å². The average Bonchev–Trinajstić information content (AvgIpc) is 3.16. The fourth-order valence-corrected chi connectivity index (χ4v) is 6.65. The molecule has 0 bridgehead atoms. The highest BCUT2D eigenvalue weighted by Crippen LogP contribution is 2.55. The minimum atomic E-state index is -0.484. The number of carbonyl (C=O) groups excluding carboxylic acids is 2. The van der Waals surface area contributed by atoms with E-state index in [1.54, 1.807) is 0 Å². The lowest BCUT2D eigenvalue weighted by Crippen LogP contribution is -2.58. The van der Waals surface area contributed by atoms with Gasteiger partial charge in [-0.3, -0.25) is 9.59 Å². The second-order valence-electron chi connectivity index (χ2n) is 12.0. The molecule has 1 aliphatic heterocycles. The van der Waals surface area contributed by atoms with Gasteiger partial charge in [0.15, 0.2) is 0 Å². The molecule has 3 aliphatic rings. The van der Waals surface area contributed by atoms with Crippen molar-refractivity contribution in [2.24, 2.45) is 34.5 Å². The van der Waals surface area contributed by atoms with Crippen LogP contribution in [0.3, 0.4) is 0 Å². The molecule has 5 heteroatoms. The van der Waals surface area contributed by atoms with Gasteiger partial charge in [-0.05, 0) is 67.1 Å². The number of fused-ring (bicyclic) bond motifs is 1. The normalized spacial score (nSPS) is 38.1. The van der Waals surface area contributed by atoms with Crippen molar-refractivity contribution in [3.63, 3.8) is 0 Å². The summed E-state index contributed by atoms with van der Waals surface area (Å²) >= 11 is 0. The Bertz CT molecular complexity index is 637. The van der Waals surface area contributed by atoms with E-state index >= 15 is 0 Å². The summed E-state index contributed by atoms with van der Waals surface area (Å²) in [4.78, 5) is 27.6. The standard InChI is InChI=1S/C25H44N2O3/c1-16(23(30)27-13-7-8-14-27)18-9-11-25(6)12-10-19(17(2)21(25)22(18)29)26-20(28)15-24(3,4)5/h16-19,21-22,29H,7-15H2,1-6H3,(H,26,28)/t16-,17+,18+,19-,21+,22-,25-/m0/s1. The molecule has 1 heterocycles. The summed E-state index contributed by atoms with van der Waals surface area (Å²) in [5.74, 6) is 0.549. The van der Waals surface area contributed by atoms with E-state index in [1.807, 2.05) is 11.8 Å². The summed E-state index contributed by atoms with van der Waals surface area (Å²) in [5.41, 5.74) is 0.0638. The van der Waals surface area contributed by atoms with E-state index in [0.29, 0.717) is 6.42 Å². The minimum absolute atomic E-state index is 0.0163. The fraction of sp³-hybridized carbons (Fsp3) is 0.920. The molecular weight excluding hydrogens is 376 g/mol. The molecule has 0 spiro atoms. The Labute approximate surface area is 183 Å². The van der Waals surface area contributed by atoms with Crippen LogP contribution in [0.5, 0.6) is 0 Å². The van der Waals surface area contributed by atoms with Crippen LogP contribution >= 0.6 is 0 Å². The molecule has 2 amide bonds. The molecule has 0 aromatic heterocycles. The number of likely N-dealkylation sites (tertiary alicyclic amines) is 1. The quantitative estimate of drug-likeness (QED) is 0.722. The van der Waals surface area contributed by atoms with Crippen molar-refractivity contribution in [3.05, 3.63) is 0 Å². The lowest BCUT2D eigenvalue weighted by molar-refractivity contribution is -0.150. The Kier molecular flexibility index (Phi) is 6.91. The third-order valence-electron chi connectivity index (χ3n) is 8.37. The van der Waals surface area contributed by atoms with Crippen molar-refractivity contribution in [2.75, 3.05) is 13.1 Å². The number of nitrogens with one attached hydrogen (secondary N) is 1. The van der Waals surface area contributed by atoms with Gasteiger partial charge >= 0.3 is 0 Å². The van der Waals surface area contributed by atoms with Gasteiger partial charge in [0.05, 0.1) is 6.10 Å². The zero-order valence-electron chi connectivity index (χ0n) is 20.0. The highest BCUT2D eigenvalue weighted by molar-refractivity contribution is 5.79. The van der Waals surface area contributed by atoms with Crippen LogP contribution in [0.25, 0.3) is 0 Å². The lowest BCUT2D eigenvalue weighted by Gasteiger charge is -2.56. The molecule has 0 radical (unpaired) electrons. The number of hydrogen-bond donors (Lipinski definition) is 2. The van der Waals surface area contributed by atoms with Crippen LogP contribution in [0.2, 0.25) is 0 Å². The van der Waals surface area contributed by atoms with E-state index in [-0.39, 0.29) is 52.4 Å². The number of hydrogen-bond acceptors (Lipinski definition) is 3. The van der Waals surface area contributed by atoms with E-state index in [0.717, 1.165) is 51.6 Å². The maximum Gasteiger partial charge on any atom is 0.225 e. The Hall–Kier alpha value is -1.10. The molecule has 0 unspecified atom stereocenters. The van der Waals surface area contributed by atoms with E-state index in [1.165, 1.54) is 0 Å². The number of nitrogens with zero attached hydrogens (tertiary/aromatic N) is 1. The van der Waals surface area contributed by atoms with Crippen LogP contribution in [0, 0.1) is 34.5 Å². The van der Waals surface area contributed by atoms with E-state index in [9.17, 15) is 14.7 Å². The van der Waals surface area contributed by atoms with Crippen molar-refractivity contribution in [1.29, 1.82) is 0 Å². The van der Waals surface area contributed by atoms with Gasteiger partial charge in [-0.1, -0.05) is 41.5 Å². The van der Waals surface area contributed by atoms with E-state index in [2.05, 4.69) is 39.9 Å². The first kappa shape index (κ1) is 23.6. The molecule has 2 saturated carbocycles. The highest BCUT2D eigenvalue weighted by Gasteiger charge is 2.54. The van der Waals surface area contributed by atoms with E-state index in [4.69, 9.17) is 0 Å². The second kappa shape index (κ2) is 8.80. The molecule has 2 aliphatic carbocycles. The Morgan fingerprint density at radius 1 is 1.17 bits per heavy atom. The zero-order chi connectivity index (χ0) is 22.3. The predicted molar refractivity (Wildman–Crippen MR) is 120 cm³/mol. The van der Waals surface area contributed by atoms with Crippen molar-refractivity contribution in [2.45, 2.75) is 98.6 Å². The van der Waals surface area contributed by atoms with Gasteiger partial charge in [-0.15, -0.1) is 0 Å². The summed E-state index contributed by atoms with van der Waals surface area (Å²) in [6, 6.07) is 0.107. The molecule has 2 N–H and O–H groups in total.